The standard InChI is InChI=1S/C16H15NO2.ClH/c1-12(16(18)19)8-13-4-2-5-14(9-13)10-15-6-3-7-17-11-15;/h2-9,11H,10H2,1H3,(H,18,19);1H. The highest BCUT2D eigenvalue weighted by atomic mass is 35.5. The Hall–Kier alpha value is -2.13. The Kier molecular flexibility index (Phi) is 5.94. The molecule has 1 heterocycles. The third kappa shape index (κ3) is 4.52. The van der Waals surface area contributed by atoms with Crippen molar-refractivity contribution >= 4 is 24.5 Å². The maximum atomic E-state index is 10.8. The molecule has 20 heavy (non-hydrogen) atoms. The Bertz CT molecular complexity index is 609. The van der Waals surface area contributed by atoms with Gasteiger partial charge >= 0.3 is 5.97 Å². The Morgan fingerprint density at radius 3 is 2.65 bits per heavy atom. The molecule has 104 valence electrons. The summed E-state index contributed by atoms with van der Waals surface area (Å²) in [4.78, 5) is 14.9. The maximum Gasteiger partial charge on any atom is 0.331 e. The lowest BCUT2D eigenvalue weighted by Gasteiger charge is -2.03. The third-order valence-electron chi connectivity index (χ3n) is 2.80. The molecular formula is C16H16ClNO2. The minimum atomic E-state index is -0.891. The van der Waals surface area contributed by atoms with Gasteiger partial charge in [-0.1, -0.05) is 30.3 Å². The van der Waals surface area contributed by atoms with Crippen LogP contribution in [0, 0.1) is 0 Å². The van der Waals surface area contributed by atoms with Gasteiger partial charge in [0.2, 0.25) is 0 Å². The fourth-order valence-corrected chi connectivity index (χ4v) is 1.84. The first-order valence-corrected chi connectivity index (χ1v) is 6.04. The number of halogens is 1. The number of hydrogen-bond acceptors (Lipinski definition) is 2. The van der Waals surface area contributed by atoms with Crippen molar-refractivity contribution in [1.82, 2.24) is 4.98 Å². The second kappa shape index (κ2) is 7.46. The summed E-state index contributed by atoms with van der Waals surface area (Å²) in [6.45, 7) is 1.59. The number of carboxylic acid groups (broad SMARTS) is 1. The number of pyridine rings is 1. The first kappa shape index (κ1) is 15.9. The zero-order chi connectivity index (χ0) is 13.7. The number of rotatable bonds is 4. The van der Waals surface area contributed by atoms with E-state index >= 15 is 0 Å². The van der Waals surface area contributed by atoms with Crippen LogP contribution in [0.4, 0.5) is 0 Å². The molecule has 1 aromatic carbocycles. The summed E-state index contributed by atoms with van der Waals surface area (Å²) in [6.07, 6.45) is 6.06. The van der Waals surface area contributed by atoms with E-state index in [-0.39, 0.29) is 12.4 Å². The fraction of sp³-hybridized carbons (Fsp3) is 0.125. The number of nitrogens with zero attached hydrogens (tertiary/aromatic N) is 1. The summed E-state index contributed by atoms with van der Waals surface area (Å²) < 4.78 is 0. The van der Waals surface area contributed by atoms with Gasteiger partial charge in [0.05, 0.1) is 0 Å². The van der Waals surface area contributed by atoms with Crippen LogP contribution in [-0.2, 0) is 11.2 Å². The lowest BCUT2D eigenvalue weighted by Crippen LogP contribution is -1.95. The molecule has 0 amide bonds. The van der Waals surface area contributed by atoms with E-state index in [9.17, 15) is 4.79 Å². The molecule has 4 heteroatoms. The molecular weight excluding hydrogens is 274 g/mol. The van der Waals surface area contributed by atoms with Crippen molar-refractivity contribution in [2.75, 3.05) is 0 Å². The zero-order valence-corrected chi connectivity index (χ0v) is 11.9. The van der Waals surface area contributed by atoms with Gasteiger partial charge in [-0.05, 0) is 42.2 Å². The summed E-state index contributed by atoms with van der Waals surface area (Å²) in [5.41, 5.74) is 3.51. The molecule has 0 atom stereocenters. The molecule has 0 fully saturated rings. The Morgan fingerprint density at radius 2 is 2.00 bits per heavy atom. The number of carboxylic acids is 1. The van der Waals surface area contributed by atoms with Crippen LogP contribution in [-0.4, -0.2) is 16.1 Å². The molecule has 0 aliphatic rings. The molecule has 0 saturated heterocycles. The minimum absolute atomic E-state index is 0. The smallest absolute Gasteiger partial charge is 0.331 e. The zero-order valence-electron chi connectivity index (χ0n) is 11.1. The van der Waals surface area contributed by atoms with Crippen molar-refractivity contribution in [3.63, 3.8) is 0 Å². The number of benzene rings is 1. The van der Waals surface area contributed by atoms with Crippen molar-refractivity contribution in [2.24, 2.45) is 0 Å². The average molecular weight is 290 g/mol. The Balaban J connectivity index is 0.00000200. The largest absolute Gasteiger partial charge is 0.478 e. The van der Waals surface area contributed by atoms with Crippen molar-refractivity contribution < 1.29 is 9.90 Å². The van der Waals surface area contributed by atoms with Crippen molar-refractivity contribution in [2.45, 2.75) is 13.3 Å². The van der Waals surface area contributed by atoms with Gasteiger partial charge in [-0.2, -0.15) is 0 Å². The van der Waals surface area contributed by atoms with Gasteiger partial charge in [0.15, 0.2) is 0 Å². The van der Waals surface area contributed by atoms with Gasteiger partial charge in [-0.25, -0.2) is 4.79 Å². The van der Waals surface area contributed by atoms with Crippen LogP contribution in [0.3, 0.4) is 0 Å². The average Bonchev–Trinajstić information content (AvgIpc) is 2.40. The first-order valence-electron chi connectivity index (χ1n) is 6.04. The van der Waals surface area contributed by atoms with E-state index in [1.54, 1.807) is 19.2 Å². The van der Waals surface area contributed by atoms with E-state index in [1.165, 1.54) is 0 Å². The van der Waals surface area contributed by atoms with Crippen molar-refractivity contribution in [3.8, 4) is 0 Å². The first-order chi connectivity index (χ1) is 9.15. The van der Waals surface area contributed by atoms with Crippen LogP contribution in [0.25, 0.3) is 6.08 Å². The normalized spacial score (nSPS) is 10.8. The van der Waals surface area contributed by atoms with Crippen LogP contribution < -0.4 is 0 Å². The van der Waals surface area contributed by atoms with Gasteiger partial charge in [-0.3, -0.25) is 4.98 Å². The second-order valence-electron chi connectivity index (χ2n) is 4.42. The van der Waals surface area contributed by atoms with Crippen LogP contribution >= 0.6 is 12.4 Å². The van der Waals surface area contributed by atoms with Crippen LogP contribution in [0.5, 0.6) is 0 Å². The summed E-state index contributed by atoms with van der Waals surface area (Å²) in [7, 11) is 0. The van der Waals surface area contributed by atoms with Gasteiger partial charge in [-0.15, -0.1) is 12.4 Å². The SMILES string of the molecule is CC(=Cc1cccc(Cc2cccnc2)c1)C(=O)O.Cl. The van der Waals surface area contributed by atoms with E-state index in [1.807, 2.05) is 42.6 Å². The number of aromatic nitrogens is 1. The number of hydrogen-bond donors (Lipinski definition) is 1. The summed E-state index contributed by atoms with van der Waals surface area (Å²) in [5, 5.41) is 8.87. The quantitative estimate of drug-likeness (QED) is 0.875. The van der Waals surface area contributed by atoms with Gasteiger partial charge in [0.1, 0.15) is 0 Å². The molecule has 2 aromatic rings. The molecule has 0 aliphatic heterocycles. The summed E-state index contributed by atoms with van der Waals surface area (Å²) >= 11 is 0. The Morgan fingerprint density at radius 1 is 1.25 bits per heavy atom. The van der Waals surface area contributed by atoms with Crippen LogP contribution in [0.1, 0.15) is 23.6 Å². The topological polar surface area (TPSA) is 50.2 Å². The summed E-state index contributed by atoms with van der Waals surface area (Å²) in [6, 6.07) is 11.8. The third-order valence-corrected chi connectivity index (χ3v) is 2.80. The predicted molar refractivity (Wildman–Crippen MR) is 82.0 cm³/mol. The molecule has 0 bridgehead atoms. The molecule has 1 aromatic heterocycles. The van der Waals surface area contributed by atoms with E-state index in [2.05, 4.69) is 4.98 Å². The maximum absolute atomic E-state index is 10.8. The predicted octanol–water partition coefficient (Wildman–Crippen LogP) is 3.58. The monoisotopic (exact) mass is 289 g/mol. The molecule has 2 rings (SSSR count). The van der Waals surface area contributed by atoms with E-state index in [0.717, 1.165) is 23.1 Å². The molecule has 1 N–H and O–H groups in total. The van der Waals surface area contributed by atoms with E-state index < -0.39 is 5.97 Å². The Labute approximate surface area is 124 Å². The highest BCUT2D eigenvalue weighted by Gasteiger charge is 2.01. The van der Waals surface area contributed by atoms with E-state index in [0.29, 0.717) is 5.57 Å². The van der Waals surface area contributed by atoms with Crippen LogP contribution in [0.15, 0.2) is 54.4 Å². The number of carbonyl (C=O) groups is 1. The molecule has 0 saturated carbocycles. The summed E-state index contributed by atoms with van der Waals surface area (Å²) in [5.74, 6) is -0.891. The van der Waals surface area contributed by atoms with Gasteiger partial charge in [0.25, 0.3) is 0 Å². The highest BCUT2D eigenvalue weighted by molar-refractivity contribution is 5.91. The second-order valence-corrected chi connectivity index (χ2v) is 4.42. The molecule has 0 spiro atoms. The van der Waals surface area contributed by atoms with Crippen molar-refractivity contribution in [3.05, 3.63) is 71.1 Å². The number of aliphatic carboxylic acids is 1. The molecule has 0 unspecified atom stereocenters. The minimum Gasteiger partial charge on any atom is -0.478 e. The molecule has 3 nitrogen and oxygen atoms in total. The van der Waals surface area contributed by atoms with Crippen molar-refractivity contribution in [1.29, 1.82) is 0 Å². The lowest BCUT2D eigenvalue weighted by atomic mass is 10.0. The van der Waals surface area contributed by atoms with E-state index in [4.69, 9.17) is 5.11 Å². The van der Waals surface area contributed by atoms with Crippen LogP contribution in [0.2, 0.25) is 0 Å². The molecule has 0 aliphatic carbocycles. The fourth-order valence-electron chi connectivity index (χ4n) is 1.84. The highest BCUT2D eigenvalue weighted by Crippen LogP contribution is 2.13. The molecule has 0 radical (unpaired) electrons. The lowest BCUT2D eigenvalue weighted by molar-refractivity contribution is -0.132. The van der Waals surface area contributed by atoms with Gasteiger partial charge < -0.3 is 5.11 Å². The van der Waals surface area contributed by atoms with Gasteiger partial charge in [0, 0.05) is 18.0 Å².